The van der Waals surface area contributed by atoms with Crippen molar-refractivity contribution >= 4 is 17.5 Å². The Balaban J connectivity index is 1.52. The molecule has 6 nitrogen and oxygen atoms in total. The van der Waals surface area contributed by atoms with E-state index >= 15 is 0 Å². The van der Waals surface area contributed by atoms with Gasteiger partial charge in [0.1, 0.15) is 11.2 Å². The summed E-state index contributed by atoms with van der Waals surface area (Å²) in [4.78, 5) is 36.2. The van der Waals surface area contributed by atoms with Crippen LogP contribution in [-0.2, 0) is 23.9 Å². The Labute approximate surface area is 176 Å². The summed E-state index contributed by atoms with van der Waals surface area (Å²) in [6.07, 6.45) is 8.02. The first kappa shape index (κ1) is 20.1. The zero-order chi connectivity index (χ0) is 21.7. The number of fused-ring (bicyclic) bond motifs is 3. The maximum atomic E-state index is 13.0. The van der Waals surface area contributed by atoms with Gasteiger partial charge in [0, 0.05) is 17.8 Å². The molecule has 162 valence electrons. The smallest absolute Gasteiger partial charge is 0.303 e. The highest BCUT2D eigenvalue weighted by Crippen LogP contribution is 2.76. The van der Waals surface area contributed by atoms with Crippen LogP contribution in [-0.4, -0.2) is 46.6 Å². The summed E-state index contributed by atoms with van der Waals surface area (Å²) >= 11 is 0. The largest absolute Gasteiger partial charge is 0.458 e. The topological polar surface area (TPSA) is 93.2 Å². The van der Waals surface area contributed by atoms with Gasteiger partial charge in [-0.1, -0.05) is 25.5 Å². The molecule has 0 bridgehead atoms. The van der Waals surface area contributed by atoms with Crippen LogP contribution in [0.2, 0.25) is 0 Å². The molecule has 1 saturated heterocycles. The number of carbonyl (C=O) groups excluding carboxylic acids is 3. The SMILES string of the molecule is CC(=O)OCC(=O)[C@@]1(O)CCC2C3C[C@H](C)C4=CC(=O)C=CC4(C)C34OC4CC21C. The fraction of sp³-hybridized carbons (Fsp3) is 0.708. The minimum atomic E-state index is -1.51. The van der Waals surface area contributed by atoms with Gasteiger partial charge in [-0.2, -0.15) is 0 Å². The van der Waals surface area contributed by atoms with Gasteiger partial charge in [-0.15, -0.1) is 0 Å². The van der Waals surface area contributed by atoms with E-state index in [4.69, 9.17) is 9.47 Å². The summed E-state index contributed by atoms with van der Waals surface area (Å²) in [7, 11) is 0. The van der Waals surface area contributed by atoms with E-state index in [0.29, 0.717) is 12.8 Å². The van der Waals surface area contributed by atoms with Crippen LogP contribution in [0.4, 0.5) is 0 Å². The Morgan fingerprint density at radius 2 is 2.03 bits per heavy atom. The molecule has 4 aliphatic carbocycles. The number of hydrogen-bond acceptors (Lipinski definition) is 6. The lowest BCUT2D eigenvalue weighted by atomic mass is 9.45. The van der Waals surface area contributed by atoms with Crippen molar-refractivity contribution in [2.45, 2.75) is 70.7 Å². The number of Topliss-reactive ketones (excluding diaryl/α,β-unsaturated/α-hetero) is 1. The van der Waals surface area contributed by atoms with Crippen LogP contribution in [0.25, 0.3) is 0 Å². The highest BCUT2D eigenvalue weighted by Gasteiger charge is 2.81. The predicted molar refractivity (Wildman–Crippen MR) is 107 cm³/mol. The second kappa shape index (κ2) is 5.92. The molecule has 1 N–H and O–H groups in total. The molecule has 3 saturated carbocycles. The molecule has 0 aromatic carbocycles. The molecule has 0 aromatic heterocycles. The van der Waals surface area contributed by atoms with E-state index in [-0.39, 0.29) is 47.3 Å². The van der Waals surface area contributed by atoms with Gasteiger partial charge in [-0.3, -0.25) is 14.4 Å². The number of carbonyl (C=O) groups is 3. The number of aliphatic hydroxyl groups is 1. The van der Waals surface area contributed by atoms with Crippen LogP contribution < -0.4 is 0 Å². The molecule has 1 spiro atoms. The van der Waals surface area contributed by atoms with E-state index in [2.05, 4.69) is 13.8 Å². The Hall–Kier alpha value is -1.79. The molecular weight excluding hydrogens is 384 g/mol. The van der Waals surface area contributed by atoms with E-state index in [1.807, 2.05) is 13.0 Å². The van der Waals surface area contributed by atoms with Crippen molar-refractivity contribution in [2.24, 2.45) is 28.6 Å². The molecule has 4 fully saturated rings. The maximum Gasteiger partial charge on any atom is 0.303 e. The van der Waals surface area contributed by atoms with Crippen molar-refractivity contribution in [2.75, 3.05) is 6.61 Å². The van der Waals surface area contributed by atoms with Gasteiger partial charge in [-0.25, -0.2) is 0 Å². The van der Waals surface area contributed by atoms with Crippen LogP contribution >= 0.6 is 0 Å². The molecule has 0 aromatic rings. The number of rotatable bonds is 3. The van der Waals surface area contributed by atoms with Gasteiger partial charge in [0.15, 0.2) is 12.4 Å². The molecule has 0 radical (unpaired) electrons. The van der Waals surface area contributed by atoms with Crippen LogP contribution in [0.15, 0.2) is 23.8 Å². The molecule has 5 rings (SSSR count). The van der Waals surface area contributed by atoms with Gasteiger partial charge in [-0.05, 0) is 62.5 Å². The quantitative estimate of drug-likeness (QED) is 0.564. The molecule has 8 atom stereocenters. The first-order valence-electron chi connectivity index (χ1n) is 11.0. The van der Waals surface area contributed by atoms with Crippen LogP contribution in [0.1, 0.15) is 53.4 Å². The molecule has 30 heavy (non-hydrogen) atoms. The number of ether oxygens (including phenoxy) is 2. The number of hydrogen-bond donors (Lipinski definition) is 1. The zero-order valence-electron chi connectivity index (χ0n) is 18.1. The monoisotopic (exact) mass is 414 g/mol. The number of esters is 1. The average Bonchev–Trinajstić information content (AvgIpc) is 3.34. The minimum absolute atomic E-state index is 0.0355. The van der Waals surface area contributed by atoms with Gasteiger partial charge >= 0.3 is 5.97 Å². The fourth-order valence-electron chi connectivity index (χ4n) is 7.79. The van der Waals surface area contributed by atoms with Gasteiger partial charge in [0.25, 0.3) is 0 Å². The van der Waals surface area contributed by atoms with Gasteiger partial charge in [0.05, 0.1) is 6.10 Å². The third kappa shape index (κ3) is 2.19. The summed E-state index contributed by atoms with van der Waals surface area (Å²) in [5, 5.41) is 11.6. The molecule has 6 heteroatoms. The van der Waals surface area contributed by atoms with E-state index in [0.717, 1.165) is 18.4 Å². The van der Waals surface area contributed by atoms with Crippen LogP contribution in [0.5, 0.6) is 0 Å². The molecule has 6 unspecified atom stereocenters. The molecule has 0 amide bonds. The van der Waals surface area contributed by atoms with Crippen LogP contribution in [0, 0.1) is 28.6 Å². The van der Waals surface area contributed by atoms with E-state index in [9.17, 15) is 19.5 Å². The molecule has 5 aliphatic rings. The standard InChI is InChI=1S/C24H30O6/c1-13-9-18-16-6-8-23(28,19(27)12-29-14(2)25)22(16,4)11-20-24(18,30-20)21(3)7-5-15(26)10-17(13)21/h5,7,10,13,16,18,20,28H,6,8-9,11-12H2,1-4H3/t13-,16?,18?,20?,21?,22?,23-,24?/m0/s1. The third-order valence-corrected chi connectivity index (χ3v) is 9.28. The molecular formula is C24H30O6. The lowest BCUT2D eigenvalue weighted by Crippen LogP contribution is -2.62. The van der Waals surface area contributed by atoms with Crippen molar-refractivity contribution in [3.63, 3.8) is 0 Å². The molecule has 1 aliphatic heterocycles. The Kier molecular flexibility index (Phi) is 3.97. The summed E-state index contributed by atoms with van der Waals surface area (Å²) in [6.45, 7) is 7.24. The van der Waals surface area contributed by atoms with Crippen molar-refractivity contribution in [3.8, 4) is 0 Å². The normalized spacial score (nSPS) is 50.6. The molecule has 1 heterocycles. The van der Waals surface area contributed by atoms with Gasteiger partial charge < -0.3 is 14.6 Å². The Bertz CT molecular complexity index is 919. The fourth-order valence-corrected chi connectivity index (χ4v) is 7.79. The van der Waals surface area contributed by atoms with Crippen molar-refractivity contribution in [1.29, 1.82) is 0 Å². The first-order chi connectivity index (χ1) is 14.0. The highest BCUT2D eigenvalue weighted by molar-refractivity contribution is 6.01. The number of epoxide rings is 1. The predicted octanol–water partition coefficient (Wildman–Crippen LogP) is 2.53. The van der Waals surface area contributed by atoms with E-state index in [1.54, 1.807) is 12.2 Å². The summed E-state index contributed by atoms with van der Waals surface area (Å²) in [5.41, 5.74) is -1.68. The number of allylic oxidation sites excluding steroid dienone is 2. The van der Waals surface area contributed by atoms with E-state index < -0.39 is 22.8 Å². The van der Waals surface area contributed by atoms with Crippen molar-refractivity contribution < 1.29 is 29.0 Å². The second-order valence-electron chi connectivity index (χ2n) is 10.5. The maximum absolute atomic E-state index is 13.0. The highest BCUT2D eigenvalue weighted by atomic mass is 16.6. The van der Waals surface area contributed by atoms with Crippen LogP contribution in [0.3, 0.4) is 0 Å². The van der Waals surface area contributed by atoms with E-state index in [1.165, 1.54) is 6.92 Å². The van der Waals surface area contributed by atoms with Crippen molar-refractivity contribution in [1.82, 2.24) is 0 Å². The third-order valence-electron chi connectivity index (χ3n) is 9.28. The first-order valence-corrected chi connectivity index (χ1v) is 11.0. The zero-order valence-corrected chi connectivity index (χ0v) is 18.1. The lowest BCUT2D eigenvalue weighted by molar-refractivity contribution is -0.166. The summed E-state index contributed by atoms with van der Waals surface area (Å²) in [6, 6.07) is 0. The summed E-state index contributed by atoms with van der Waals surface area (Å²) < 4.78 is 11.4. The Morgan fingerprint density at radius 1 is 1.30 bits per heavy atom. The second-order valence-corrected chi connectivity index (χ2v) is 10.5. The average molecular weight is 414 g/mol. The summed E-state index contributed by atoms with van der Waals surface area (Å²) in [5.74, 6) is -0.326. The minimum Gasteiger partial charge on any atom is -0.458 e. The lowest BCUT2D eigenvalue weighted by Gasteiger charge is -2.57. The Morgan fingerprint density at radius 3 is 2.73 bits per heavy atom. The number of ketones is 2. The van der Waals surface area contributed by atoms with Crippen molar-refractivity contribution in [3.05, 3.63) is 23.8 Å². The van der Waals surface area contributed by atoms with Gasteiger partial charge in [0.2, 0.25) is 5.78 Å².